The highest BCUT2D eigenvalue weighted by molar-refractivity contribution is 5.86. The topological polar surface area (TPSA) is 90.9 Å². The molecule has 1 fully saturated rings. The molecule has 0 bridgehead atoms. The van der Waals surface area contributed by atoms with Crippen LogP contribution < -0.4 is 5.32 Å². The molecule has 0 aromatic rings. The summed E-state index contributed by atoms with van der Waals surface area (Å²) in [4.78, 5) is 35.1. The van der Waals surface area contributed by atoms with E-state index in [9.17, 15) is 14.4 Å². The Bertz CT molecular complexity index is 364. The molecule has 0 aliphatic carbocycles. The molecule has 1 heterocycles. The van der Waals surface area contributed by atoms with Crippen molar-refractivity contribution in [1.82, 2.24) is 5.32 Å². The van der Waals surface area contributed by atoms with Crippen molar-refractivity contribution in [2.45, 2.75) is 25.8 Å². The van der Waals surface area contributed by atoms with Crippen LogP contribution in [-0.4, -0.2) is 51.3 Å². The number of hydrogen-bond donors (Lipinski definition) is 1. The summed E-state index contributed by atoms with van der Waals surface area (Å²) in [6.07, 6.45) is 0.769. The smallest absolute Gasteiger partial charge is 0.328 e. The minimum absolute atomic E-state index is 0.138. The summed E-state index contributed by atoms with van der Waals surface area (Å²) < 4.78 is 14.4. The first kappa shape index (κ1) is 16.4. The van der Waals surface area contributed by atoms with E-state index in [0.29, 0.717) is 19.6 Å². The van der Waals surface area contributed by atoms with Crippen molar-refractivity contribution < 1.29 is 28.6 Å². The monoisotopic (exact) mass is 287 g/mol. The van der Waals surface area contributed by atoms with E-state index in [-0.39, 0.29) is 18.2 Å². The quantitative estimate of drug-likeness (QED) is 0.685. The Hall–Kier alpha value is -1.63. The normalized spacial score (nSPS) is 20.9. The Morgan fingerprint density at radius 3 is 2.40 bits per heavy atom. The minimum Gasteiger partial charge on any atom is -0.469 e. The van der Waals surface area contributed by atoms with Crippen molar-refractivity contribution in [3.8, 4) is 0 Å². The Kier molecular flexibility index (Phi) is 6.44. The van der Waals surface area contributed by atoms with Crippen LogP contribution in [0, 0.1) is 11.8 Å². The number of ether oxygens (including phenoxy) is 3. The predicted molar refractivity (Wildman–Crippen MR) is 68.7 cm³/mol. The van der Waals surface area contributed by atoms with Gasteiger partial charge < -0.3 is 19.5 Å². The third-order valence-electron chi connectivity index (χ3n) is 3.30. The highest BCUT2D eigenvalue weighted by Gasteiger charge is 2.31. The highest BCUT2D eigenvalue weighted by Crippen LogP contribution is 2.14. The minimum atomic E-state index is -0.859. The second-order valence-electron chi connectivity index (χ2n) is 4.80. The highest BCUT2D eigenvalue weighted by atomic mass is 16.5. The molecule has 0 aromatic carbocycles. The lowest BCUT2D eigenvalue weighted by atomic mass is 10.0. The summed E-state index contributed by atoms with van der Waals surface area (Å²) in [6.45, 7) is 2.53. The largest absolute Gasteiger partial charge is 0.469 e. The Labute approximate surface area is 117 Å². The van der Waals surface area contributed by atoms with Crippen LogP contribution in [0.25, 0.3) is 0 Å². The maximum absolute atomic E-state index is 12.0. The summed E-state index contributed by atoms with van der Waals surface area (Å²) in [5.74, 6) is -2.03. The van der Waals surface area contributed by atoms with E-state index in [2.05, 4.69) is 14.8 Å². The Morgan fingerprint density at radius 2 is 1.90 bits per heavy atom. The van der Waals surface area contributed by atoms with E-state index in [4.69, 9.17) is 4.74 Å². The summed E-state index contributed by atoms with van der Waals surface area (Å²) in [5.41, 5.74) is 0. The average Bonchev–Trinajstić information content (AvgIpc) is 2.98. The van der Waals surface area contributed by atoms with E-state index in [0.717, 1.165) is 0 Å². The van der Waals surface area contributed by atoms with Crippen molar-refractivity contribution in [2.24, 2.45) is 11.8 Å². The molecule has 1 aliphatic heterocycles. The SMILES string of the molecule is COC(=O)[C@@H](C)C[C@@H](NC(=O)[C@H]1CCOC1)C(=O)OC. The molecule has 114 valence electrons. The lowest BCUT2D eigenvalue weighted by molar-refractivity contribution is -0.149. The average molecular weight is 287 g/mol. The molecule has 0 aromatic heterocycles. The number of methoxy groups -OCH3 is 2. The molecule has 0 radical (unpaired) electrons. The molecule has 7 nitrogen and oxygen atoms in total. The number of amides is 1. The molecule has 0 saturated carbocycles. The van der Waals surface area contributed by atoms with E-state index in [1.807, 2.05) is 0 Å². The van der Waals surface area contributed by atoms with E-state index in [1.54, 1.807) is 6.92 Å². The van der Waals surface area contributed by atoms with Crippen molar-refractivity contribution in [2.75, 3.05) is 27.4 Å². The molecule has 3 atom stereocenters. The maximum atomic E-state index is 12.0. The van der Waals surface area contributed by atoms with Crippen molar-refractivity contribution in [1.29, 1.82) is 0 Å². The second kappa shape index (κ2) is 7.84. The van der Waals surface area contributed by atoms with Gasteiger partial charge in [0.25, 0.3) is 0 Å². The first-order valence-corrected chi connectivity index (χ1v) is 6.53. The van der Waals surface area contributed by atoms with Crippen molar-refractivity contribution >= 4 is 17.8 Å². The van der Waals surface area contributed by atoms with Crippen molar-refractivity contribution in [3.63, 3.8) is 0 Å². The standard InChI is InChI=1S/C13H21NO6/c1-8(12(16)18-2)6-10(13(17)19-3)14-11(15)9-4-5-20-7-9/h8-10H,4-7H2,1-3H3,(H,14,15)/t8-,9-,10+/m0/s1. The van der Waals surface area contributed by atoms with Crippen LogP contribution >= 0.6 is 0 Å². The van der Waals surface area contributed by atoms with Crippen LogP contribution in [0.5, 0.6) is 0 Å². The van der Waals surface area contributed by atoms with E-state index in [1.165, 1.54) is 14.2 Å². The summed E-state index contributed by atoms with van der Waals surface area (Å²) in [6, 6.07) is -0.859. The van der Waals surface area contributed by atoms with Crippen LogP contribution in [-0.2, 0) is 28.6 Å². The molecule has 1 N–H and O–H groups in total. The van der Waals surface area contributed by atoms with Gasteiger partial charge in [-0.2, -0.15) is 0 Å². The zero-order valence-corrected chi connectivity index (χ0v) is 12.0. The Balaban J connectivity index is 2.61. The zero-order valence-electron chi connectivity index (χ0n) is 12.0. The molecule has 7 heteroatoms. The van der Waals surface area contributed by atoms with Gasteiger partial charge in [0.2, 0.25) is 5.91 Å². The first-order chi connectivity index (χ1) is 9.49. The summed E-state index contributed by atoms with van der Waals surface area (Å²) in [5, 5.41) is 2.62. The van der Waals surface area contributed by atoms with Gasteiger partial charge in [-0.15, -0.1) is 0 Å². The third kappa shape index (κ3) is 4.48. The molecule has 0 spiro atoms. The van der Waals surface area contributed by atoms with Gasteiger partial charge >= 0.3 is 11.9 Å². The van der Waals surface area contributed by atoms with Gasteiger partial charge in [0.05, 0.1) is 32.7 Å². The second-order valence-corrected chi connectivity index (χ2v) is 4.80. The molecular formula is C13H21NO6. The van der Waals surface area contributed by atoms with Gasteiger partial charge in [0, 0.05) is 6.61 Å². The van der Waals surface area contributed by atoms with Gasteiger partial charge in [-0.3, -0.25) is 9.59 Å². The molecule has 1 aliphatic rings. The summed E-state index contributed by atoms with van der Waals surface area (Å²) in [7, 11) is 2.52. The fourth-order valence-corrected chi connectivity index (χ4v) is 2.04. The fourth-order valence-electron chi connectivity index (χ4n) is 2.04. The van der Waals surface area contributed by atoms with Gasteiger partial charge in [-0.25, -0.2) is 4.79 Å². The van der Waals surface area contributed by atoms with Gasteiger partial charge in [-0.05, 0) is 12.8 Å². The number of rotatable bonds is 6. The predicted octanol–water partition coefficient (Wildman–Crippen LogP) is -0.120. The molecule has 1 saturated heterocycles. The van der Waals surface area contributed by atoms with Crippen LogP contribution in [0.3, 0.4) is 0 Å². The van der Waals surface area contributed by atoms with Crippen LogP contribution in [0.15, 0.2) is 0 Å². The van der Waals surface area contributed by atoms with Gasteiger partial charge in [0.15, 0.2) is 0 Å². The third-order valence-corrected chi connectivity index (χ3v) is 3.30. The van der Waals surface area contributed by atoms with Crippen LogP contribution in [0.4, 0.5) is 0 Å². The fraction of sp³-hybridized carbons (Fsp3) is 0.769. The lowest BCUT2D eigenvalue weighted by Gasteiger charge is -2.20. The van der Waals surface area contributed by atoms with Gasteiger partial charge in [0.1, 0.15) is 6.04 Å². The Morgan fingerprint density at radius 1 is 1.25 bits per heavy atom. The van der Waals surface area contributed by atoms with E-state index < -0.39 is 23.9 Å². The van der Waals surface area contributed by atoms with Crippen molar-refractivity contribution in [3.05, 3.63) is 0 Å². The zero-order chi connectivity index (χ0) is 15.1. The molecule has 1 rings (SSSR count). The first-order valence-electron chi connectivity index (χ1n) is 6.53. The molecule has 0 unspecified atom stereocenters. The molecular weight excluding hydrogens is 266 g/mol. The molecule has 20 heavy (non-hydrogen) atoms. The van der Waals surface area contributed by atoms with Crippen LogP contribution in [0.2, 0.25) is 0 Å². The number of carbonyl (C=O) groups excluding carboxylic acids is 3. The number of carbonyl (C=O) groups is 3. The summed E-state index contributed by atoms with van der Waals surface area (Å²) >= 11 is 0. The lowest BCUT2D eigenvalue weighted by Crippen LogP contribution is -2.45. The number of hydrogen-bond acceptors (Lipinski definition) is 6. The van der Waals surface area contributed by atoms with Gasteiger partial charge in [-0.1, -0.05) is 6.92 Å². The van der Waals surface area contributed by atoms with E-state index >= 15 is 0 Å². The number of nitrogens with one attached hydrogen (secondary N) is 1. The molecule has 1 amide bonds. The maximum Gasteiger partial charge on any atom is 0.328 e. The number of esters is 2. The van der Waals surface area contributed by atoms with Crippen LogP contribution in [0.1, 0.15) is 19.8 Å².